The number of alkyl halides is 3. The molecule has 0 aromatic heterocycles. The van der Waals surface area contributed by atoms with E-state index in [-0.39, 0.29) is 11.9 Å². The first-order valence-electron chi connectivity index (χ1n) is 8.76. The molecule has 7 heteroatoms. The molecule has 1 heterocycles. The number of halogens is 3. The molecule has 2 aliphatic rings. The molecule has 0 radical (unpaired) electrons. The lowest BCUT2D eigenvalue weighted by Gasteiger charge is -2.37. The van der Waals surface area contributed by atoms with E-state index in [4.69, 9.17) is 0 Å². The van der Waals surface area contributed by atoms with E-state index in [1.165, 1.54) is 12.1 Å². The fourth-order valence-electron chi connectivity index (χ4n) is 3.13. The van der Waals surface area contributed by atoms with E-state index in [0.717, 1.165) is 45.1 Å². The van der Waals surface area contributed by atoms with Gasteiger partial charge in [0.25, 0.3) is 0 Å². The minimum absolute atomic E-state index is 0.0776. The molecule has 3 rings (SSSR count). The van der Waals surface area contributed by atoms with Crippen molar-refractivity contribution in [2.45, 2.75) is 44.6 Å². The molecular formula is C18H24F3N3O. The quantitative estimate of drug-likeness (QED) is 0.882. The Balaban J connectivity index is 1.50. The van der Waals surface area contributed by atoms with Crippen LogP contribution in [0.15, 0.2) is 24.3 Å². The van der Waals surface area contributed by atoms with Gasteiger partial charge in [0.2, 0.25) is 5.91 Å². The van der Waals surface area contributed by atoms with Gasteiger partial charge in [-0.05, 0) is 31.4 Å². The summed E-state index contributed by atoms with van der Waals surface area (Å²) < 4.78 is 38.4. The molecule has 1 aromatic rings. The summed E-state index contributed by atoms with van der Waals surface area (Å²) in [5, 5.41) is 3.02. The average Bonchev–Trinajstić information content (AvgIpc) is 3.38. The number of carbonyl (C=O) groups is 1. The molecule has 138 valence electrons. The van der Waals surface area contributed by atoms with Crippen LogP contribution in [0.1, 0.15) is 30.9 Å². The summed E-state index contributed by atoms with van der Waals surface area (Å²) in [6.07, 6.45) is -2.16. The lowest BCUT2D eigenvalue weighted by molar-refractivity contribution is -0.137. The summed E-state index contributed by atoms with van der Waals surface area (Å²) in [4.78, 5) is 16.4. The largest absolute Gasteiger partial charge is 0.416 e. The number of amides is 1. The maximum Gasteiger partial charge on any atom is 0.416 e. The van der Waals surface area contributed by atoms with Crippen molar-refractivity contribution in [3.05, 3.63) is 35.4 Å². The normalized spacial score (nSPS) is 21.1. The second kappa shape index (κ2) is 7.33. The standard InChI is InChI=1S/C18H24F3N3O/c1-13(17(25)22-16-5-6-16)24-9-7-23(8-10-24)12-14-3-2-4-15(11-14)18(19,20)21/h2-4,11,13,16H,5-10,12H2,1H3,(H,22,25)/t13-/m1/s1. The Bertz CT molecular complexity index is 608. The number of hydrogen-bond acceptors (Lipinski definition) is 3. The van der Waals surface area contributed by atoms with Crippen molar-refractivity contribution in [2.75, 3.05) is 26.2 Å². The van der Waals surface area contributed by atoms with E-state index in [1.807, 2.05) is 6.92 Å². The highest BCUT2D eigenvalue weighted by molar-refractivity contribution is 5.81. The summed E-state index contributed by atoms with van der Waals surface area (Å²) in [6, 6.07) is 5.71. The molecule has 1 aliphatic carbocycles. The first-order valence-corrected chi connectivity index (χ1v) is 8.76. The summed E-state index contributed by atoms with van der Waals surface area (Å²) >= 11 is 0. The summed E-state index contributed by atoms with van der Waals surface area (Å²) in [5.41, 5.74) is 0.0665. The first-order chi connectivity index (χ1) is 11.8. The zero-order valence-electron chi connectivity index (χ0n) is 14.4. The lowest BCUT2D eigenvalue weighted by Crippen LogP contribution is -2.53. The fourth-order valence-corrected chi connectivity index (χ4v) is 3.13. The Labute approximate surface area is 146 Å². The van der Waals surface area contributed by atoms with Gasteiger partial charge in [-0.25, -0.2) is 0 Å². The van der Waals surface area contributed by atoms with Gasteiger partial charge in [-0.15, -0.1) is 0 Å². The highest BCUT2D eigenvalue weighted by atomic mass is 19.4. The van der Waals surface area contributed by atoms with Crippen LogP contribution in [0.2, 0.25) is 0 Å². The van der Waals surface area contributed by atoms with E-state index in [0.29, 0.717) is 18.2 Å². The molecule has 1 aliphatic heterocycles. The summed E-state index contributed by atoms with van der Waals surface area (Å²) in [5.74, 6) is 0.0776. The molecule has 1 saturated heterocycles. The Morgan fingerprint density at radius 2 is 1.92 bits per heavy atom. The van der Waals surface area contributed by atoms with Crippen molar-refractivity contribution >= 4 is 5.91 Å². The van der Waals surface area contributed by atoms with Crippen LogP contribution in [-0.2, 0) is 17.5 Å². The number of nitrogens with zero attached hydrogens (tertiary/aromatic N) is 2. The average molecular weight is 355 g/mol. The van der Waals surface area contributed by atoms with Crippen LogP contribution in [0, 0.1) is 0 Å². The van der Waals surface area contributed by atoms with Crippen LogP contribution in [0.3, 0.4) is 0 Å². The third-order valence-electron chi connectivity index (χ3n) is 4.92. The Hall–Kier alpha value is -1.60. The van der Waals surface area contributed by atoms with Gasteiger partial charge in [0.15, 0.2) is 0 Å². The molecule has 4 nitrogen and oxygen atoms in total. The summed E-state index contributed by atoms with van der Waals surface area (Å²) in [6.45, 7) is 5.41. The van der Waals surface area contributed by atoms with Gasteiger partial charge in [-0.2, -0.15) is 13.2 Å². The Morgan fingerprint density at radius 1 is 1.24 bits per heavy atom. The van der Waals surface area contributed by atoms with Gasteiger partial charge in [-0.3, -0.25) is 14.6 Å². The van der Waals surface area contributed by atoms with Crippen molar-refractivity contribution in [1.82, 2.24) is 15.1 Å². The van der Waals surface area contributed by atoms with Gasteiger partial charge in [0.1, 0.15) is 0 Å². The fraction of sp³-hybridized carbons (Fsp3) is 0.611. The van der Waals surface area contributed by atoms with Gasteiger partial charge in [0, 0.05) is 38.8 Å². The molecule has 0 bridgehead atoms. The number of benzene rings is 1. The van der Waals surface area contributed by atoms with Crippen molar-refractivity contribution in [1.29, 1.82) is 0 Å². The smallest absolute Gasteiger partial charge is 0.352 e. The molecule has 1 amide bonds. The van der Waals surface area contributed by atoms with E-state index < -0.39 is 11.7 Å². The highest BCUT2D eigenvalue weighted by Gasteiger charge is 2.31. The number of rotatable bonds is 5. The van der Waals surface area contributed by atoms with Crippen molar-refractivity contribution in [2.24, 2.45) is 0 Å². The molecule has 0 spiro atoms. The molecule has 1 saturated carbocycles. The number of nitrogens with one attached hydrogen (secondary N) is 1. The Morgan fingerprint density at radius 3 is 2.52 bits per heavy atom. The zero-order valence-corrected chi connectivity index (χ0v) is 14.4. The second-order valence-electron chi connectivity index (χ2n) is 6.97. The van der Waals surface area contributed by atoms with Gasteiger partial charge in [0.05, 0.1) is 11.6 Å². The maximum atomic E-state index is 12.8. The minimum atomic E-state index is -4.31. The number of hydrogen-bond donors (Lipinski definition) is 1. The molecule has 1 N–H and O–H groups in total. The molecule has 2 fully saturated rings. The van der Waals surface area contributed by atoms with E-state index in [9.17, 15) is 18.0 Å². The lowest BCUT2D eigenvalue weighted by atomic mass is 10.1. The van der Waals surface area contributed by atoms with Gasteiger partial charge in [-0.1, -0.05) is 18.2 Å². The monoisotopic (exact) mass is 355 g/mol. The van der Waals surface area contributed by atoms with Crippen molar-refractivity contribution in [3.63, 3.8) is 0 Å². The SMILES string of the molecule is C[C@H](C(=O)NC1CC1)N1CCN(Cc2cccc(C(F)(F)F)c2)CC1. The van der Waals surface area contributed by atoms with Crippen molar-refractivity contribution < 1.29 is 18.0 Å². The third-order valence-corrected chi connectivity index (χ3v) is 4.92. The van der Waals surface area contributed by atoms with Gasteiger partial charge < -0.3 is 5.32 Å². The minimum Gasteiger partial charge on any atom is -0.352 e. The van der Waals surface area contributed by atoms with E-state index in [1.54, 1.807) is 6.07 Å². The topological polar surface area (TPSA) is 35.6 Å². The van der Waals surface area contributed by atoms with Crippen molar-refractivity contribution in [3.8, 4) is 0 Å². The second-order valence-corrected chi connectivity index (χ2v) is 6.97. The van der Waals surface area contributed by atoms with E-state index >= 15 is 0 Å². The molecule has 25 heavy (non-hydrogen) atoms. The molecule has 1 aromatic carbocycles. The molecule has 0 unspecified atom stereocenters. The van der Waals surface area contributed by atoms with Crippen LogP contribution in [-0.4, -0.2) is 54.0 Å². The van der Waals surface area contributed by atoms with Crippen LogP contribution >= 0.6 is 0 Å². The number of piperazine rings is 1. The van der Waals surface area contributed by atoms with Crippen LogP contribution in [0.4, 0.5) is 13.2 Å². The maximum absolute atomic E-state index is 12.8. The first kappa shape index (κ1) is 18.2. The third kappa shape index (κ3) is 4.95. The zero-order chi connectivity index (χ0) is 18.0. The van der Waals surface area contributed by atoms with Crippen LogP contribution in [0.25, 0.3) is 0 Å². The molecule has 1 atom stereocenters. The highest BCUT2D eigenvalue weighted by Crippen LogP contribution is 2.29. The number of carbonyl (C=O) groups excluding carboxylic acids is 1. The molecular weight excluding hydrogens is 331 g/mol. The predicted octanol–water partition coefficient (Wildman–Crippen LogP) is 2.49. The Kier molecular flexibility index (Phi) is 5.34. The van der Waals surface area contributed by atoms with Crippen LogP contribution in [0.5, 0.6) is 0 Å². The van der Waals surface area contributed by atoms with Gasteiger partial charge >= 0.3 is 6.18 Å². The van der Waals surface area contributed by atoms with E-state index in [2.05, 4.69) is 15.1 Å². The predicted molar refractivity (Wildman–Crippen MR) is 88.9 cm³/mol. The summed E-state index contributed by atoms with van der Waals surface area (Å²) in [7, 11) is 0. The van der Waals surface area contributed by atoms with Crippen LogP contribution < -0.4 is 5.32 Å².